The molecule has 1 aromatic heterocycles. The van der Waals surface area contributed by atoms with E-state index in [0.717, 1.165) is 18.6 Å². The van der Waals surface area contributed by atoms with Crippen molar-refractivity contribution in [2.24, 2.45) is 0 Å². The van der Waals surface area contributed by atoms with Gasteiger partial charge in [0.05, 0.1) is 16.6 Å². The summed E-state index contributed by atoms with van der Waals surface area (Å²) in [6, 6.07) is 3.62. The highest BCUT2D eigenvalue weighted by molar-refractivity contribution is 7.13. The van der Waals surface area contributed by atoms with Crippen LogP contribution in [0.2, 0.25) is 0 Å². The third kappa shape index (κ3) is 7.67. The lowest BCUT2D eigenvalue weighted by Crippen LogP contribution is -2.38. The second-order valence-electron chi connectivity index (χ2n) is 8.08. The highest BCUT2D eigenvalue weighted by Crippen LogP contribution is 2.35. The second kappa shape index (κ2) is 11.5. The first kappa shape index (κ1) is 28.1. The molecule has 2 unspecified atom stereocenters. The number of alkyl halides is 6. The minimum atomic E-state index is -4.84. The first-order valence-electron chi connectivity index (χ1n) is 10.7. The molecule has 1 heterocycles. The molecule has 0 aliphatic rings. The highest BCUT2D eigenvalue weighted by Gasteiger charge is 2.40. The number of rotatable bonds is 10. The number of halogens is 6. The quantitative estimate of drug-likeness (QED) is 0.343. The van der Waals surface area contributed by atoms with Gasteiger partial charge in [0.1, 0.15) is 4.88 Å². The zero-order chi connectivity index (χ0) is 25.7. The van der Waals surface area contributed by atoms with E-state index in [0.29, 0.717) is 24.4 Å². The maximum absolute atomic E-state index is 13.5. The molecule has 2 aromatic rings. The molecule has 0 bridgehead atoms. The Labute approximate surface area is 198 Å². The fourth-order valence-electron chi connectivity index (χ4n) is 3.30. The molecule has 0 aliphatic carbocycles. The largest absolute Gasteiger partial charge is 0.435 e. The van der Waals surface area contributed by atoms with Crippen LogP contribution in [0.3, 0.4) is 0 Å². The van der Waals surface area contributed by atoms with E-state index in [1.54, 1.807) is 0 Å². The number of amides is 1. The van der Waals surface area contributed by atoms with E-state index >= 15 is 0 Å². The molecule has 12 heteroatoms. The van der Waals surface area contributed by atoms with Crippen molar-refractivity contribution in [1.82, 2.24) is 20.5 Å². The number of hydrogen-bond donors (Lipinski definition) is 2. The summed E-state index contributed by atoms with van der Waals surface area (Å²) in [7, 11) is 3.88. The normalized spacial score (nSPS) is 14.3. The summed E-state index contributed by atoms with van der Waals surface area (Å²) in [6.07, 6.45) is -8.31. The van der Waals surface area contributed by atoms with Crippen molar-refractivity contribution < 1.29 is 31.1 Å². The van der Waals surface area contributed by atoms with Gasteiger partial charge in [-0.1, -0.05) is 19.1 Å². The van der Waals surface area contributed by atoms with Crippen molar-refractivity contribution >= 4 is 17.2 Å². The summed E-state index contributed by atoms with van der Waals surface area (Å²) in [5.41, 5.74) is -2.08. The van der Waals surface area contributed by atoms with E-state index in [4.69, 9.17) is 0 Å². The minimum absolute atomic E-state index is 0.122. The Morgan fingerprint density at radius 2 is 1.82 bits per heavy atom. The number of nitrogens with one attached hydrogen (secondary N) is 2. The number of carbonyl (C=O) groups is 1. The molecule has 34 heavy (non-hydrogen) atoms. The van der Waals surface area contributed by atoms with Crippen molar-refractivity contribution in [2.45, 2.75) is 51.1 Å². The zero-order valence-electron chi connectivity index (χ0n) is 19.3. The highest BCUT2D eigenvalue weighted by atomic mass is 32.1. The lowest BCUT2D eigenvalue weighted by Gasteiger charge is -2.23. The van der Waals surface area contributed by atoms with E-state index < -0.39 is 40.4 Å². The minimum Gasteiger partial charge on any atom is -0.345 e. The van der Waals surface area contributed by atoms with Gasteiger partial charge in [0.15, 0.2) is 5.69 Å². The van der Waals surface area contributed by atoms with Crippen LogP contribution in [0.25, 0.3) is 0 Å². The van der Waals surface area contributed by atoms with Crippen molar-refractivity contribution in [3.8, 4) is 0 Å². The summed E-state index contributed by atoms with van der Waals surface area (Å²) in [4.78, 5) is 17.7. The standard InChI is InChI=1S/C22H28F6N4OS/c1-5-16(32(3)4)12-29-10-9-17-31-19(22(26,27)28)18(34-17)20(33)30-13(2)14-7-6-8-15(11-14)21(23,24)25/h6-8,11,13,16,29H,5,9-10,12H2,1-4H3,(H,30,33). The van der Waals surface area contributed by atoms with E-state index in [1.165, 1.54) is 19.1 Å². The molecule has 2 N–H and O–H groups in total. The fourth-order valence-corrected chi connectivity index (χ4v) is 4.29. The average molecular weight is 511 g/mol. The monoisotopic (exact) mass is 510 g/mol. The molecule has 0 fully saturated rings. The molecule has 1 aromatic carbocycles. The van der Waals surface area contributed by atoms with Gasteiger partial charge in [-0.25, -0.2) is 4.98 Å². The van der Waals surface area contributed by atoms with E-state index in [9.17, 15) is 31.1 Å². The van der Waals surface area contributed by atoms with Crippen molar-refractivity contribution in [2.75, 3.05) is 27.2 Å². The van der Waals surface area contributed by atoms with Gasteiger partial charge < -0.3 is 15.5 Å². The molecule has 0 radical (unpaired) electrons. The fraction of sp³-hybridized carbons (Fsp3) is 0.545. The molecule has 5 nitrogen and oxygen atoms in total. The Kier molecular flexibility index (Phi) is 9.49. The van der Waals surface area contributed by atoms with Gasteiger partial charge >= 0.3 is 12.4 Å². The Morgan fingerprint density at radius 1 is 1.15 bits per heavy atom. The van der Waals surface area contributed by atoms with Crippen LogP contribution < -0.4 is 10.6 Å². The molecule has 0 aliphatic heterocycles. The SMILES string of the molecule is CCC(CNCCc1nc(C(F)(F)F)c(C(=O)NC(C)c2cccc(C(F)(F)F)c2)s1)N(C)C. The van der Waals surface area contributed by atoms with Crippen LogP contribution in [-0.4, -0.2) is 49.0 Å². The van der Waals surface area contributed by atoms with Crippen LogP contribution in [0.15, 0.2) is 24.3 Å². The third-order valence-electron chi connectivity index (χ3n) is 5.30. The summed E-state index contributed by atoms with van der Waals surface area (Å²) < 4.78 is 79.4. The van der Waals surface area contributed by atoms with E-state index in [1.807, 2.05) is 25.9 Å². The van der Waals surface area contributed by atoms with Crippen LogP contribution in [-0.2, 0) is 18.8 Å². The number of thiazole rings is 1. The number of hydrogen-bond acceptors (Lipinski definition) is 5. The van der Waals surface area contributed by atoms with Crippen LogP contribution in [0.5, 0.6) is 0 Å². The summed E-state index contributed by atoms with van der Waals surface area (Å²) >= 11 is 0.636. The van der Waals surface area contributed by atoms with Crippen LogP contribution in [0.1, 0.15) is 57.8 Å². The second-order valence-corrected chi connectivity index (χ2v) is 9.16. The predicted octanol–water partition coefficient (Wildman–Crippen LogP) is 5.14. The topological polar surface area (TPSA) is 57.3 Å². The molecule has 2 rings (SSSR count). The predicted molar refractivity (Wildman–Crippen MR) is 119 cm³/mol. The smallest absolute Gasteiger partial charge is 0.345 e. The molecular weight excluding hydrogens is 482 g/mol. The lowest BCUT2D eigenvalue weighted by molar-refractivity contribution is -0.141. The van der Waals surface area contributed by atoms with Gasteiger partial charge in [-0.2, -0.15) is 26.3 Å². The van der Waals surface area contributed by atoms with E-state index in [2.05, 4.69) is 15.6 Å². The van der Waals surface area contributed by atoms with Crippen LogP contribution >= 0.6 is 11.3 Å². The van der Waals surface area contributed by atoms with Crippen molar-refractivity contribution in [3.05, 3.63) is 51.0 Å². The van der Waals surface area contributed by atoms with Gasteiger partial charge in [-0.3, -0.25) is 4.79 Å². The molecule has 0 saturated carbocycles. The third-order valence-corrected chi connectivity index (χ3v) is 6.42. The molecule has 0 spiro atoms. The molecular formula is C22H28F6N4OS. The van der Waals surface area contributed by atoms with Crippen molar-refractivity contribution in [3.63, 3.8) is 0 Å². The number of nitrogens with zero attached hydrogens (tertiary/aromatic N) is 2. The lowest BCUT2D eigenvalue weighted by atomic mass is 10.0. The molecule has 1 amide bonds. The molecule has 190 valence electrons. The number of likely N-dealkylation sites (N-methyl/N-ethyl adjacent to an activating group) is 1. The Hall–Kier alpha value is -2.18. The maximum atomic E-state index is 13.5. The van der Waals surface area contributed by atoms with Gasteiger partial charge in [0.25, 0.3) is 5.91 Å². The van der Waals surface area contributed by atoms with E-state index in [-0.39, 0.29) is 23.0 Å². The molecule has 0 saturated heterocycles. The van der Waals surface area contributed by atoms with Crippen molar-refractivity contribution in [1.29, 1.82) is 0 Å². The van der Waals surface area contributed by atoms with Crippen LogP contribution in [0, 0.1) is 0 Å². The zero-order valence-corrected chi connectivity index (χ0v) is 20.1. The average Bonchev–Trinajstić information content (AvgIpc) is 3.18. The van der Waals surface area contributed by atoms with Crippen LogP contribution in [0.4, 0.5) is 26.3 Å². The first-order valence-corrected chi connectivity index (χ1v) is 11.5. The van der Waals surface area contributed by atoms with Gasteiger partial charge in [-0.05, 0) is 45.1 Å². The van der Waals surface area contributed by atoms with Gasteiger partial charge in [-0.15, -0.1) is 11.3 Å². The summed E-state index contributed by atoms with van der Waals surface area (Å²) in [6.45, 7) is 4.48. The Bertz CT molecular complexity index is 958. The number of benzene rings is 1. The molecule has 2 atom stereocenters. The maximum Gasteiger partial charge on any atom is 0.435 e. The number of aromatic nitrogens is 1. The summed E-state index contributed by atoms with van der Waals surface area (Å²) in [5, 5.41) is 5.70. The Balaban J connectivity index is 2.12. The van der Waals surface area contributed by atoms with Gasteiger partial charge in [0, 0.05) is 25.6 Å². The first-order chi connectivity index (χ1) is 15.7. The Morgan fingerprint density at radius 3 is 2.38 bits per heavy atom. The van der Waals surface area contributed by atoms with Gasteiger partial charge in [0.2, 0.25) is 0 Å². The number of carbonyl (C=O) groups excluding carboxylic acids is 1. The summed E-state index contributed by atoms with van der Waals surface area (Å²) in [5.74, 6) is -1.03.